The minimum Gasteiger partial charge on any atom is -0.493 e. The number of likely N-dealkylation sites (tertiary alicyclic amines) is 1. The number of piperidine rings is 1. The number of nitrogens with zero attached hydrogens (tertiary/aromatic N) is 3. The number of aromatic nitrogens is 2. The number of anilines is 1. The molecule has 0 spiro atoms. The van der Waals surface area contributed by atoms with Gasteiger partial charge in [0.2, 0.25) is 17.6 Å². The van der Waals surface area contributed by atoms with Gasteiger partial charge in [0, 0.05) is 23.2 Å². The maximum absolute atomic E-state index is 12.8. The van der Waals surface area contributed by atoms with Crippen LogP contribution in [0, 0.1) is 5.92 Å². The third kappa shape index (κ3) is 6.30. The van der Waals surface area contributed by atoms with E-state index in [9.17, 15) is 4.79 Å². The number of methoxy groups -OCH3 is 2. The smallest absolute Gasteiger partial charge is 0.241 e. The average Bonchev–Trinajstić information content (AvgIpc) is 3.32. The molecule has 1 N–H and O–H groups in total. The second kappa shape index (κ2) is 11.2. The van der Waals surface area contributed by atoms with Crippen LogP contribution in [0.1, 0.15) is 32.6 Å². The minimum atomic E-state index is -0.0362. The molecule has 35 heavy (non-hydrogen) atoms. The number of hydrogen-bond donors (Lipinski definition) is 1. The van der Waals surface area contributed by atoms with Crippen LogP contribution < -0.4 is 19.5 Å². The van der Waals surface area contributed by atoms with Crippen molar-refractivity contribution in [2.24, 2.45) is 5.92 Å². The highest BCUT2D eigenvalue weighted by molar-refractivity contribution is 5.92. The molecule has 0 unspecified atom stereocenters. The van der Waals surface area contributed by atoms with Crippen molar-refractivity contribution in [1.29, 1.82) is 0 Å². The molecule has 0 aliphatic carbocycles. The number of carbonyl (C=O) groups is 1. The van der Waals surface area contributed by atoms with Crippen LogP contribution in [0.3, 0.4) is 0 Å². The summed E-state index contributed by atoms with van der Waals surface area (Å²) in [5.41, 5.74) is 1.54. The Kier molecular flexibility index (Phi) is 7.87. The molecule has 1 aliphatic heterocycles. The van der Waals surface area contributed by atoms with Gasteiger partial charge in [-0.05, 0) is 70.1 Å². The summed E-state index contributed by atoms with van der Waals surface area (Å²) >= 11 is 0. The SMILES string of the molecule is COc1ccc(-c2noc(CN3CCC(C(=O)Nc4cccc(OC(C)C)c4)CC3)n2)cc1OC. The molecular weight excluding hydrogens is 448 g/mol. The molecular formula is C26H32N4O5. The Labute approximate surface area is 205 Å². The zero-order valence-corrected chi connectivity index (χ0v) is 20.6. The van der Waals surface area contributed by atoms with Crippen molar-refractivity contribution >= 4 is 11.6 Å². The maximum atomic E-state index is 12.8. The molecule has 2 aromatic carbocycles. The Bertz CT molecular complexity index is 1140. The van der Waals surface area contributed by atoms with E-state index in [1.807, 2.05) is 56.3 Å². The van der Waals surface area contributed by atoms with Gasteiger partial charge in [-0.3, -0.25) is 9.69 Å². The molecule has 1 aromatic heterocycles. The van der Waals surface area contributed by atoms with Gasteiger partial charge in [0.25, 0.3) is 0 Å². The van der Waals surface area contributed by atoms with Crippen molar-refractivity contribution in [3.8, 4) is 28.6 Å². The van der Waals surface area contributed by atoms with Gasteiger partial charge in [-0.25, -0.2) is 0 Å². The fourth-order valence-electron chi connectivity index (χ4n) is 4.12. The number of benzene rings is 2. The monoisotopic (exact) mass is 480 g/mol. The van der Waals surface area contributed by atoms with Crippen LogP contribution in [0.2, 0.25) is 0 Å². The van der Waals surface area contributed by atoms with Gasteiger partial charge in [-0.15, -0.1) is 0 Å². The van der Waals surface area contributed by atoms with E-state index in [0.717, 1.165) is 42.9 Å². The fraction of sp³-hybridized carbons (Fsp3) is 0.423. The molecule has 4 rings (SSSR count). The van der Waals surface area contributed by atoms with E-state index in [4.69, 9.17) is 18.7 Å². The highest BCUT2D eigenvalue weighted by Crippen LogP contribution is 2.31. The summed E-state index contributed by atoms with van der Waals surface area (Å²) in [5, 5.41) is 7.15. The van der Waals surface area contributed by atoms with Gasteiger partial charge in [0.05, 0.1) is 26.9 Å². The highest BCUT2D eigenvalue weighted by Gasteiger charge is 2.26. The molecule has 0 radical (unpaired) electrons. The molecule has 0 atom stereocenters. The third-order valence-corrected chi connectivity index (χ3v) is 5.90. The number of ether oxygens (including phenoxy) is 3. The van der Waals surface area contributed by atoms with E-state index in [2.05, 4.69) is 20.4 Å². The molecule has 9 nitrogen and oxygen atoms in total. The van der Waals surface area contributed by atoms with Crippen molar-refractivity contribution in [1.82, 2.24) is 15.0 Å². The molecule has 1 fully saturated rings. The first kappa shape index (κ1) is 24.5. The largest absolute Gasteiger partial charge is 0.493 e. The van der Waals surface area contributed by atoms with Gasteiger partial charge in [-0.2, -0.15) is 4.98 Å². The van der Waals surface area contributed by atoms with Crippen LogP contribution in [0.25, 0.3) is 11.4 Å². The average molecular weight is 481 g/mol. The van der Waals surface area contributed by atoms with E-state index < -0.39 is 0 Å². The first-order chi connectivity index (χ1) is 16.9. The Hall–Kier alpha value is -3.59. The normalized spacial score (nSPS) is 14.7. The predicted octanol–water partition coefficient (Wildman–Crippen LogP) is 4.39. The van der Waals surface area contributed by atoms with Gasteiger partial charge in [0.1, 0.15) is 5.75 Å². The third-order valence-electron chi connectivity index (χ3n) is 5.90. The van der Waals surface area contributed by atoms with Gasteiger partial charge < -0.3 is 24.1 Å². The van der Waals surface area contributed by atoms with E-state index in [1.165, 1.54) is 0 Å². The maximum Gasteiger partial charge on any atom is 0.241 e. The van der Waals surface area contributed by atoms with Gasteiger partial charge in [0.15, 0.2) is 11.5 Å². The number of hydrogen-bond acceptors (Lipinski definition) is 8. The Morgan fingerprint density at radius 3 is 2.60 bits per heavy atom. The topological polar surface area (TPSA) is 99.0 Å². The van der Waals surface area contributed by atoms with Crippen molar-refractivity contribution in [2.45, 2.75) is 39.3 Å². The summed E-state index contributed by atoms with van der Waals surface area (Å²) in [7, 11) is 3.18. The standard InChI is InChI=1S/C26H32N4O5/c1-17(2)34-21-7-5-6-20(15-21)27-26(31)18-10-12-30(13-11-18)16-24-28-25(29-35-24)19-8-9-22(32-3)23(14-19)33-4/h5-9,14-15,17-18H,10-13,16H2,1-4H3,(H,27,31). The highest BCUT2D eigenvalue weighted by atomic mass is 16.5. The lowest BCUT2D eigenvalue weighted by Gasteiger charge is -2.30. The van der Waals surface area contributed by atoms with Crippen molar-refractivity contribution in [3.05, 3.63) is 48.4 Å². The molecule has 186 valence electrons. The van der Waals surface area contributed by atoms with Crippen LogP contribution in [0.15, 0.2) is 47.0 Å². The van der Waals surface area contributed by atoms with Crippen LogP contribution in [-0.2, 0) is 11.3 Å². The summed E-state index contributed by atoms with van der Waals surface area (Å²) in [6.07, 6.45) is 1.62. The van der Waals surface area contributed by atoms with E-state index >= 15 is 0 Å². The zero-order chi connectivity index (χ0) is 24.8. The Morgan fingerprint density at radius 2 is 1.89 bits per heavy atom. The number of amides is 1. The first-order valence-corrected chi connectivity index (χ1v) is 11.8. The second-order valence-electron chi connectivity index (χ2n) is 8.82. The lowest BCUT2D eigenvalue weighted by atomic mass is 9.96. The van der Waals surface area contributed by atoms with E-state index in [1.54, 1.807) is 14.2 Å². The molecule has 0 saturated carbocycles. The summed E-state index contributed by atoms with van der Waals surface area (Å²) < 4.78 is 21.8. The Morgan fingerprint density at radius 1 is 1.11 bits per heavy atom. The lowest BCUT2D eigenvalue weighted by Crippen LogP contribution is -2.37. The zero-order valence-electron chi connectivity index (χ0n) is 20.6. The molecule has 2 heterocycles. The molecule has 1 amide bonds. The summed E-state index contributed by atoms with van der Waals surface area (Å²) in [6, 6.07) is 13.0. The lowest BCUT2D eigenvalue weighted by molar-refractivity contribution is -0.121. The summed E-state index contributed by atoms with van der Waals surface area (Å²) in [4.78, 5) is 19.6. The second-order valence-corrected chi connectivity index (χ2v) is 8.82. The minimum absolute atomic E-state index is 0.0362. The van der Waals surface area contributed by atoms with Gasteiger partial charge in [-0.1, -0.05) is 11.2 Å². The molecule has 1 saturated heterocycles. The Balaban J connectivity index is 1.29. The summed E-state index contributed by atoms with van der Waals surface area (Å²) in [5.74, 6) is 3.04. The predicted molar refractivity (Wildman–Crippen MR) is 132 cm³/mol. The number of carbonyl (C=O) groups excluding carboxylic acids is 1. The van der Waals surface area contributed by atoms with Crippen molar-refractivity contribution < 1.29 is 23.5 Å². The van der Waals surface area contributed by atoms with Crippen LogP contribution in [0.5, 0.6) is 17.2 Å². The fourth-order valence-corrected chi connectivity index (χ4v) is 4.12. The molecule has 9 heteroatoms. The van der Waals surface area contributed by atoms with Crippen LogP contribution in [0.4, 0.5) is 5.69 Å². The molecule has 0 bridgehead atoms. The van der Waals surface area contributed by atoms with Crippen LogP contribution in [-0.4, -0.2) is 54.4 Å². The van der Waals surface area contributed by atoms with Crippen molar-refractivity contribution in [2.75, 3.05) is 32.6 Å². The molecule has 3 aromatic rings. The van der Waals surface area contributed by atoms with E-state index in [-0.39, 0.29) is 17.9 Å². The first-order valence-electron chi connectivity index (χ1n) is 11.8. The number of nitrogens with one attached hydrogen (secondary N) is 1. The summed E-state index contributed by atoms with van der Waals surface area (Å²) in [6.45, 7) is 6.06. The van der Waals surface area contributed by atoms with Crippen LogP contribution >= 0.6 is 0 Å². The van der Waals surface area contributed by atoms with E-state index in [0.29, 0.717) is 29.8 Å². The number of rotatable bonds is 9. The van der Waals surface area contributed by atoms with Crippen molar-refractivity contribution in [3.63, 3.8) is 0 Å². The quantitative estimate of drug-likeness (QED) is 0.481. The van der Waals surface area contributed by atoms with Gasteiger partial charge >= 0.3 is 0 Å². The molecule has 1 aliphatic rings.